The van der Waals surface area contributed by atoms with E-state index < -0.39 is 15.8 Å². The first-order valence-corrected chi connectivity index (χ1v) is 12.1. The van der Waals surface area contributed by atoms with E-state index in [1.807, 2.05) is 17.6 Å². The summed E-state index contributed by atoms with van der Waals surface area (Å²) in [6.45, 7) is 3.26. The van der Waals surface area contributed by atoms with Crippen molar-refractivity contribution in [2.24, 2.45) is 0 Å². The van der Waals surface area contributed by atoms with Crippen molar-refractivity contribution >= 4 is 32.6 Å². The van der Waals surface area contributed by atoms with Gasteiger partial charge < -0.3 is 18.5 Å². The van der Waals surface area contributed by atoms with Gasteiger partial charge in [0, 0.05) is 40.0 Å². The Balaban J connectivity index is 1.41. The number of ether oxygens (including phenoxy) is 2. The summed E-state index contributed by atoms with van der Waals surface area (Å²) in [7, 11) is -1.48. The molecule has 1 atom stereocenters. The molecule has 2 aromatic heterocycles. The van der Waals surface area contributed by atoms with Gasteiger partial charge >= 0.3 is 5.97 Å². The normalized spacial score (nSPS) is 17.5. The number of ketones is 1. The number of rotatable bonds is 7. The maximum atomic E-state index is 12.7. The Kier molecular flexibility index (Phi) is 5.85. The van der Waals surface area contributed by atoms with Crippen LogP contribution in [0.3, 0.4) is 0 Å². The van der Waals surface area contributed by atoms with Crippen LogP contribution in [0.4, 0.5) is 0 Å². The molecule has 0 unspecified atom stereocenters. The molecule has 0 amide bonds. The van der Waals surface area contributed by atoms with Crippen LogP contribution >= 0.6 is 0 Å². The molecule has 0 bridgehead atoms. The average Bonchev–Trinajstić information content (AvgIpc) is 3.40. The number of carbonyl (C=O) groups excluding carboxylic acids is 2. The lowest BCUT2D eigenvalue weighted by molar-refractivity contribution is -0.141. The molecule has 0 spiro atoms. The van der Waals surface area contributed by atoms with Crippen LogP contribution in [-0.4, -0.2) is 50.0 Å². The molecule has 1 saturated heterocycles. The van der Waals surface area contributed by atoms with Crippen LogP contribution in [0, 0.1) is 13.8 Å². The number of furan rings is 1. The lowest BCUT2D eigenvalue weighted by atomic mass is 10.1. The summed E-state index contributed by atoms with van der Waals surface area (Å²) in [6.07, 6.45) is 2.01. The van der Waals surface area contributed by atoms with Crippen LogP contribution in [-0.2, 0) is 25.8 Å². The van der Waals surface area contributed by atoms with Crippen LogP contribution in [0.5, 0.6) is 5.75 Å². The van der Waals surface area contributed by atoms with Crippen LogP contribution < -0.4 is 4.74 Å². The fourth-order valence-corrected chi connectivity index (χ4v) is 6.06. The lowest BCUT2D eigenvalue weighted by Gasteiger charge is -2.16. The highest BCUT2D eigenvalue weighted by molar-refractivity contribution is 7.91. The second-order valence-corrected chi connectivity index (χ2v) is 10.3. The summed E-state index contributed by atoms with van der Waals surface area (Å²) in [5.74, 6) is 0.0361. The first kappa shape index (κ1) is 22.1. The summed E-state index contributed by atoms with van der Waals surface area (Å²) in [6, 6.07) is 6.88. The Morgan fingerprint density at radius 2 is 2.00 bits per heavy atom. The molecule has 4 rings (SSSR count). The van der Waals surface area contributed by atoms with E-state index in [0.29, 0.717) is 34.6 Å². The van der Waals surface area contributed by atoms with Gasteiger partial charge in [0.05, 0.1) is 31.3 Å². The minimum absolute atomic E-state index is 0.0223. The van der Waals surface area contributed by atoms with Crippen molar-refractivity contribution in [2.75, 3.05) is 25.2 Å². The summed E-state index contributed by atoms with van der Waals surface area (Å²) >= 11 is 0. The Bertz CT molecular complexity index is 1300. The topological polar surface area (TPSA) is 105 Å². The second-order valence-electron chi connectivity index (χ2n) is 8.10. The molecule has 1 aliphatic rings. The molecule has 0 saturated carbocycles. The molecule has 3 aromatic rings. The van der Waals surface area contributed by atoms with Crippen molar-refractivity contribution in [1.82, 2.24) is 4.57 Å². The van der Waals surface area contributed by atoms with Crippen molar-refractivity contribution in [1.29, 1.82) is 0 Å². The van der Waals surface area contributed by atoms with Crippen molar-refractivity contribution in [3.05, 3.63) is 53.0 Å². The maximum absolute atomic E-state index is 12.7. The summed E-state index contributed by atoms with van der Waals surface area (Å²) < 4.78 is 41.5. The van der Waals surface area contributed by atoms with Crippen molar-refractivity contribution in [3.63, 3.8) is 0 Å². The highest BCUT2D eigenvalue weighted by Crippen LogP contribution is 2.29. The number of fused-ring (bicyclic) bond motifs is 1. The lowest BCUT2D eigenvalue weighted by Crippen LogP contribution is -2.17. The monoisotopic (exact) mass is 459 g/mol. The van der Waals surface area contributed by atoms with Gasteiger partial charge in [-0.25, -0.2) is 8.42 Å². The van der Waals surface area contributed by atoms with Crippen LogP contribution in [0.25, 0.3) is 11.0 Å². The SMILES string of the molecule is COc1ccc2c(CC(=O)OCC(=O)c3cc(C)n([C@H]4CCS(=O)(=O)C4)c3C)coc2c1. The van der Waals surface area contributed by atoms with E-state index in [-0.39, 0.29) is 36.4 Å². The predicted octanol–water partition coefficient (Wildman–Crippen LogP) is 3.19. The largest absolute Gasteiger partial charge is 0.497 e. The third kappa shape index (κ3) is 4.29. The van der Waals surface area contributed by atoms with E-state index in [4.69, 9.17) is 13.9 Å². The Labute approximate surface area is 186 Å². The number of Topliss-reactive ketones (excluding diaryl/α,β-unsaturated/α-hetero) is 1. The van der Waals surface area contributed by atoms with E-state index in [1.165, 1.54) is 6.26 Å². The molecule has 1 fully saturated rings. The van der Waals surface area contributed by atoms with Gasteiger partial charge in [-0.05, 0) is 38.5 Å². The molecule has 1 aliphatic heterocycles. The highest BCUT2D eigenvalue weighted by Gasteiger charge is 2.31. The maximum Gasteiger partial charge on any atom is 0.310 e. The number of nitrogens with zero attached hydrogens (tertiary/aromatic N) is 1. The molecule has 0 N–H and O–H groups in total. The zero-order valence-electron chi connectivity index (χ0n) is 18.2. The summed E-state index contributed by atoms with van der Waals surface area (Å²) in [5, 5.41) is 0.782. The molecular weight excluding hydrogens is 434 g/mol. The number of methoxy groups -OCH3 is 1. The molecular formula is C23H25NO7S. The van der Waals surface area contributed by atoms with E-state index >= 15 is 0 Å². The number of sulfone groups is 1. The molecule has 170 valence electrons. The zero-order valence-corrected chi connectivity index (χ0v) is 19.0. The summed E-state index contributed by atoms with van der Waals surface area (Å²) in [5.41, 5.74) is 3.23. The van der Waals surface area contributed by atoms with Gasteiger partial charge in [0.2, 0.25) is 5.78 Å². The van der Waals surface area contributed by atoms with Crippen LogP contribution in [0.1, 0.15) is 39.8 Å². The van der Waals surface area contributed by atoms with Crippen LogP contribution in [0.15, 0.2) is 34.9 Å². The zero-order chi connectivity index (χ0) is 23.0. The Morgan fingerprint density at radius 3 is 2.69 bits per heavy atom. The van der Waals surface area contributed by atoms with Crippen molar-refractivity contribution in [3.8, 4) is 5.75 Å². The standard InChI is InChI=1S/C23H25NO7S/c1-14-8-20(15(2)24(14)17-6-7-32(27,28)13-17)21(25)12-31-23(26)9-16-11-30-22-10-18(29-3)4-5-19(16)22/h4-5,8,10-11,17H,6-7,9,12-13H2,1-3H3/t17-/m0/s1. The van der Waals surface area contributed by atoms with Gasteiger partial charge in [-0.15, -0.1) is 0 Å². The van der Waals surface area contributed by atoms with E-state index in [0.717, 1.165) is 11.1 Å². The first-order valence-electron chi connectivity index (χ1n) is 10.3. The first-order chi connectivity index (χ1) is 15.2. The smallest absolute Gasteiger partial charge is 0.310 e. The molecule has 8 nitrogen and oxygen atoms in total. The third-order valence-electron chi connectivity index (χ3n) is 5.92. The van der Waals surface area contributed by atoms with Crippen molar-refractivity contribution in [2.45, 2.75) is 32.7 Å². The van der Waals surface area contributed by atoms with E-state index in [9.17, 15) is 18.0 Å². The van der Waals surface area contributed by atoms with Gasteiger partial charge in [-0.2, -0.15) is 0 Å². The van der Waals surface area contributed by atoms with Gasteiger partial charge in [-0.1, -0.05) is 0 Å². The van der Waals surface area contributed by atoms with Gasteiger partial charge in [0.25, 0.3) is 0 Å². The van der Waals surface area contributed by atoms with E-state index in [1.54, 1.807) is 32.2 Å². The number of aryl methyl sites for hydroxylation is 1. The fraction of sp³-hybridized carbons (Fsp3) is 0.391. The quantitative estimate of drug-likeness (QED) is 0.395. The fourth-order valence-electron chi connectivity index (χ4n) is 4.36. The summed E-state index contributed by atoms with van der Waals surface area (Å²) in [4.78, 5) is 25.1. The number of aromatic nitrogens is 1. The number of hydrogen-bond donors (Lipinski definition) is 0. The van der Waals surface area contributed by atoms with Gasteiger partial charge in [-0.3, -0.25) is 9.59 Å². The molecule has 32 heavy (non-hydrogen) atoms. The predicted molar refractivity (Wildman–Crippen MR) is 118 cm³/mol. The molecule has 0 radical (unpaired) electrons. The minimum atomic E-state index is -3.04. The van der Waals surface area contributed by atoms with Gasteiger partial charge in [0.15, 0.2) is 16.4 Å². The number of benzene rings is 1. The Morgan fingerprint density at radius 1 is 1.22 bits per heavy atom. The molecule has 9 heteroatoms. The number of hydrogen-bond acceptors (Lipinski definition) is 7. The molecule has 0 aliphatic carbocycles. The van der Waals surface area contributed by atoms with Crippen molar-refractivity contribution < 1.29 is 31.9 Å². The van der Waals surface area contributed by atoms with E-state index in [2.05, 4.69) is 0 Å². The number of esters is 1. The van der Waals surface area contributed by atoms with Crippen LogP contribution in [0.2, 0.25) is 0 Å². The molecule has 3 heterocycles. The highest BCUT2D eigenvalue weighted by atomic mass is 32.2. The molecule has 1 aromatic carbocycles. The second kappa shape index (κ2) is 8.46. The Hall–Kier alpha value is -3.07. The van der Waals surface area contributed by atoms with Gasteiger partial charge in [0.1, 0.15) is 11.3 Å². The minimum Gasteiger partial charge on any atom is -0.497 e. The average molecular weight is 460 g/mol. The third-order valence-corrected chi connectivity index (χ3v) is 7.67. The number of carbonyl (C=O) groups is 2.